The van der Waals surface area contributed by atoms with Crippen LogP contribution in [0.1, 0.15) is 40.5 Å². The summed E-state index contributed by atoms with van der Waals surface area (Å²) < 4.78 is 0. The van der Waals surface area contributed by atoms with Gasteiger partial charge in [-0.15, -0.1) is 0 Å². The lowest BCUT2D eigenvalue weighted by Crippen LogP contribution is -2.42. The normalized spacial score (nSPS) is 23.8. The van der Waals surface area contributed by atoms with Crippen LogP contribution in [0.5, 0.6) is 0 Å². The van der Waals surface area contributed by atoms with Gasteiger partial charge in [0.2, 0.25) is 0 Å². The fourth-order valence-electron chi connectivity index (χ4n) is 2.84. The van der Waals surface area contributed by atoms with Gasteiger partial charge in [-0.1, -0.05) is 27.7 Å². The van der Waals surface area contributed by atoms with Crippen molar-refractivity contribution < 1.29 is 0 Å². The Kier molecular flexibility index (Phi) is 6.09. The lowest BCUT2D eigenvalue weighted by Gasteiger charge is -2.33. The molecule has 2 atom stereocenters. The highest BCUT2D eigenvalue weighted by Gasteiger charge is 2.27. The number of hydrogen-bond acceptors (Lipinski definition) is 3. The van der Waals surface area contributed by atoms with E-state index in [1.54, 1.807) is 0 Å². The Hall–Kier alpha value is -0.120. The topological polar surface area (TPSA) is 18.5 Å². The molecule has 1 saturated heterocycles. The monoisotopic (exact) mass is 255 g/mol. The summed E-state index contributed by atoms with van der Waals surface area (Å²) in [6.45, 7) is 14.0. The fraction of sp³-hybridized carbons (Fsp3) is 1.00. The highest BCUT2D eigenvalue weighted by molar-refractivity contribution is 4.85. The number of likely N-dealkylation sites (tertiary alicyclic amines) is 1. The minimum atomic E-state index is 0.358. The SMILES string of the molecule is CCNC(CCN1CCC(N(C)C)C1)C(C)(C)C. The Morgan fingerprint density at radius 3 is 2.44 bits per heavy atom. The molecule has 0 amide bonds. The van der Waals surface area contributed by atoms with Crippen LogP contribution in [0.15, 0.2) is 0 Å². The van der Waals surface area contributed by atoms with Gasteiger partial charge in [-0.25, -0.2) is 0 Å². The second-order valence-electron chi connectivity index (χ2n) is 6.97. The molecule has 1 N–H and O–H groups in total. The van der Waals surface area contributed by atoms with E-state index < -0.39 is 0 Å². The van der Waals surface area contributed by atoms with Gasteiger partial charge in [0.25, 0.3) is 0 Å². The maximum atomic E-state index is 3.64. The van der Waals surface area contributed by atoms with Gasteiger partial charge in [-0.05, 0) is 52.0 Å². The number of nitrogens with zero attached hydrogens (tertiary/aromatic N) is 2. The lowest BCUT2D eigenvalue weighted by atomic mass is 9.84. The number of hydrogen-bond donors (Lipinski definition) is 1. The molecule has 0 aromatic rings. The first-order chi connectivity index (χ1) is 8.34. The van der Waals surface area contributed by atoms with Gasteiger partial charge >= 0.3 is 0 Å². The molecule has 0 bridgehead atoms. The standard InChI is InChI=1S/C15H33N3/c1-7-16-14(15(2,3)4)9-11-18-10-8-13(12-18)17(5)6/h13-14,16H,7-12H2,1-6H3. The largest absolute Gasteiger partial charge is 0.314 e. The minimum absolute atomic E-state index is 0.358. The van der Waals surface area contributed by atoms with Crippen molar-refractivity contribution in [2.24, 2.45) is 5.41 Å². The van der Waals surface area contributed by atoms with E-state index in [2.05, 4.69) is 56.9 Å². The molecule has 108 valence electrons. The van der Waals surface area contributed by atoms with Crippen LogP contribution in [0, 0.1) is 5.41 Å². The van der Waals surface area contributed by atoms with Crippen LogP contribution in [-0.4, -0.2) is 62.2 Å². The number of nitrogens with one attached hydrogen (secondary N) is 1. The van der Waals surface area contributed by atoms with Crippen molar-refractivity contribution >= 4 is 0 Å². The second kappa shape index (κ2) is 6.88. The van der Waals surface area contributed by atoms with E-state index in [1.807, 2.05) is 0 Å². The Bertz CT molecular complexity index is 232. The predicted octanol–water partition coefficient (Wildman–Crippen LogP) is 2.04. The van der Waals surface area contributed by atoms with E-state index in [0.29, 0.717) is 11.5 Å². The Morgan fingerprint density at radius 1 is 1.33 bits per heavy atom. The summed E-state index contributed by atoms with van der Waals surface area (Å²) in [6.07, 6.45) is 2.59. The minimum Gasteiger partial charge on any atom is -0.314 e. The summed E-state index contributed by atoms with van der Waals surface area (Å²) >= 11 is 0. The maximum Gasteiger partial charge on any atom is 0.0229 e. The Labute approximate surface area is 114 Å². The zero-order valence-corrected chi connectivity index (χ0v) is 13.3. The first kappa shape index (κ1) is 15.9. The highest BCUT2D eigenvalue weighted by Crippen LogP contribution is 2.23. The molecular weight excluding hydrogens is 222 g/mol. The Morgan fingerprint density at radius 2 is 2.00 bits per heavy atom. The maximum absolute atomic E-state index is 3.64. The summed E-state index contributed by atoms with van der Waals surface area (Å²) in [5.74, 6) is 0. The third-order valence-corrected chi connectivity index (χ3v) is 4.21. The van der Waals surface area contributed by atoms with E-state index in [1.165, 1.54) is 32.5 Å². The Balaban J connectivity index is 2.35. The molecule has 0 spiro atoms. The lowest BCUT2D eigenvalue weighted by molar-refractivity contribution is 0.214. The molecule has 0 radical (unpaired) electrons. The van der Waals surface area contributed by atoms with Crippen molar-refractivity contribution in [3.8, 4) is 0 Å². The first-order valence-corrected chi connectivity index (χ1v) is 7.46. The van der Waals surface area contributed by atoms with Crippen molar-refractivity contribution in [3.63, 3.8) is 0 Å². The molecule has 0 aliphatic carbocycles. The van der Waals surface area contributed by atoms with Gasteiger partial charge in [-0.2, -0.15) is 0 Å². The highest BCUT2D eigenvalue weighted by atomic mass is 15.2. The third kappa shape index (κ3) is 4.87. The van der Waals surface area contributed by atoms with E-state index >= 15 is 0 Å². The molecule has 3 heteroatoms. The van der Waals surface area contributed by atoms with Crippen LogP contribution in [0.3, 0.4) is 0 Å². The summed E-state index contributed by atoms with van der Waals surface area (Å²) in [4.78, 5) is 4.99. The predicted molar refractivity (Wildman–Crippen MR) is 80.1 cm³/mol. The van der Waals surface area contributed by atoms with Crippen LogP contribution >= 0.6 is 0 Å². The van der Waals surface area contributed by atoms with Crippen LogP contribution in [0.2, 0.25) is 0 Å². The van der Waals surface area contributed by atoms with Gasteiger partial charge in [0.05, 0.1) is 0 Å². The van der Waals surface area contributed by atoms with E-state index in [0.717, 1.165) is 12.6 Å². The summed E-state index contributed by atoms with van der Waals surface area (Å²) in [5.41, 5.74) is 0.358. The van der Waals surface area contributed by atoms with Gasteiger partial charge in [0.15, 0.2) is 0 Å². The van der Waals surface area contributed by atoms with E-state index in [-0.39, 0.29) is 0 Å². The van der Waals surface area contributed by atoms with E-state index in [9.17, 15) is 0 Å². The van der Waals surface area contributed by atoms with Gasteiger partial charge in [0, 0.05) is 18.6 Å². The molecular formula is C15H33N3. The number of likely N-dealkylation sites (N-methyl/N-ethyl adjacent to an activating group) is 1. The summed E-state index contributed by atoms with van der Waals surface area (Å²) in [7, 11) is 4.40. The zero-order valence-electron chi connectivity index (χ0n) is 13.3. The molecule has 2 unspecified atom stereocenters. The molecule has 0 saturated carbocycles. The zero-order chi connectivity index (χ0) is 13.8. The molecule has 3 nitrogen and oxygen atoms in total. The van der Waals surface area contributed by atoms with Gasteiger partial charge < -0.3 is 15.1 Å². The number of rotatable bonds is 6. The van der Waals surface area contributed by atoms with Crippen LogP contribution in [0.4, 0.5) is 0 Å². The molecule has 0 aromatic heterocycles. The van der Waals surface area contributed by atoms with Crippen molar-refractivity contribution in [1.29, 1.82) is 0 Å². The van der Waals surface area contributed by atoms with Crippen LogP contribution in [0.25, 0.3) is 0 Å². The molecule has 1 fully saturated rings. The van der Waals surface area contributed by atoms with Crippen LogP contribution in [-0.2, 0) is 0 Å². The smallest absolute Gasteiger partial charge is 0.0229 e. The molecule has 1 rings (SSSR count). The summed E-state index contributed by atoms with van der Waals surface area (Å²) in [6, 6.07) is 1.39. The fourth-order valence-corrected chi connectivity index (χ4v) is 2.84. The quantitative estimate of drug-likeness (QED) is 0.783. The summed E-state index contributed by atoms with van der Waals surface area (Å²) in [5, 5.41) is 3.64. The van der Waals surface area contributed by atoms with Crippen molar-refractivity contribution in [1.82, 2.24) is 15.1 Å². The molecule has 1 aliphatic rings. The molecule has 1 heterocycles. The molecule has 18 heavy (non-hydrogen) atoms. The van der Waals surface area contributed by atoms with Crippen molar-refractivity contribution in [2.75, 3.05) is 40.3 Å². The van der Waals surface area contributed by atoms with Crippen molar-refractivity contribution in [3.05, 3.63) is 0 Å². The molecule has 1 aliphatic heterocycles. The first-order valence-electron chi connectivity index (χ1n) is 7.46. The van der Waals surface area contributed by atoms with Gasteiger partial charge in [-0.3, -0.25) is 0 Å². The van der Waals surface area contributed by atoms with Crippen molar-refractivity contribution in [2.45, 2.75) is 52.6 Å². The van der Waals surface area contributed by atoms with E-state index in [4.69, 9.17) is 0 Å². The molecule has 0 aromatic carbocycles. The van der Waals surface area contributed by atoms with Gasteiger partial charge in [0.1, 0.15) is 0 Å². The average Bonchev–Trinajstić information content (AvgIpc) is 2.71. The third-order valence-electron chi connectivity index (χ3n) is 4.21. The second-order valence-corrected chi connectivity index (χ2v) is 6.97. The van der Waals surface area contributed by atoms with Crippen LogP contribution < -0.4 is 5.32 Å². The average molecular weight is 255 g/mol.